The Morgan fingerprint density at radius 3 is 2.38 bits per heavy atom. The summed E-state index contributed by atoms with van der Waals surface area (Å²) < 4.78 is 0. The van der Waals surface area contributed by atoms with Crippen LogP contribution in [0.2, 0.25) is 0 Å². The maximum atomic E-state index is 5.15. The average molecular weight is 204 g/mol. The molecule has 0 aromatic carbocycles. The van der Waals surface area contributed by atoms with Gasteiger partial charge in [-0.15, -0.1) is 0 Å². The molecule has 0 radical (unpaired) electrons. The molecule has 0 heterocycles. The molecule has 0 aliphatic rings. The Morgan fingerprint density at radius 1 is 1.46 bits per heavy atom. The standard InChI is InChI=1S/C8H20N4S/c1-4-12(5-2)6-7(3)10-8(13)11-9/h7H,4-6,9H2,1-3H3,(H2,10,11,13). The van der Waals surface area contributed by atoms with E-state index in [0.29, 0.717) is 11.2 Å². The molecule has 0 rings (SSSR count). The summed E-state index contributed by atoms with van der Waals surface area (Å²) in [5.41, 5.74) is 2.41. The first kappa shape index (κ1) is 12.6. The molecule has 5 heteroatoms. The van der Waals surface area contributed by atoms with Gasteiger partial charge in [-0.25, -0.2) is 5.84 Å². The summed E-state index contributed by atoms with van der Waals surface area (Å²) in [7, 11) is 0. The zero-order valence-electron chi connectivity index (χ0n) is 8.63. The molecule has 0 spiro atoms. The van der Waals surface area contributed by atoms with Crippen molar-refractivity contribution in [1.29, 1.82) is 0 Å². The lowest BCUT2D eigenvalue weighted by Gasteiger charge is -2.23. The van der Waals surface area contributed by atoms with Crippen LogP contribution in [0.15, 0.2) is 0 Å². The zero-order chi connectivity index (χ0) is 10.3. The van der Waals surface area contributed by atoms with Gasteiger partial charge < -0.3 is 15.6 Å². The third-order valence-electron chi connectivity index (χ3n) is 1.94. The topological polar surface area (TPSA) is 53.3 Å². The minimum absolute atomic E-state index is 0.323. The first-order chi connectivity index (χ1) is 6.13. The Hall–Kier alpha value is -0.390. The fourth-order valence-electron chi connectivity index (χ4n) is 1.18. The number of likely N-dealkylation sites (N-methyl/N-ethyl adjacent to an activating group) is 1. The van der Waals surface area contributed by atoms with Crippen LogP contribution in [0.4, 0.5) is 0 Å². The SMILES string of the molecule is CCN(CC)CC(C)NC(=S)NN. The number of hydrogen-bond donors (Lipinski definition) is 3. The second kappa shape index (κ2) is 7.06. The largest absolute Gasteiger partial charge is 0.358 e. The predicted molar refractivity (Wildman–Crippen MR) is 60.3 cm³/mol. The normalized spacial score (nSPS) is 12.7. The van der Waals surface area contributed by atoms with Crippen LogP contribution >= 0.6 is 12.2 Å². The van der Waals surface area contributed by atoms with E-state index in [1.165, 1.54) is 0 Å². The van der Waals surface area contributed by atoms with Crippen LogP contribution in [0.25, 0.3) is 0 Å². The number of nitrogens with zero attached hydrogens (tertiary/aromatic N) is 1. The van der Waals surface area contributed by atoms with Gasteiger partial charge in [-0.3, -0.25) is 0 Å². The number of rotatable bonds is 5. The highest BCUT2D eigenvalue weighted by molar-refractivity contribution is 7.80. The van der Waals surface area contributed by atoms with E-state index in [1.54, 1.807) is 0 Å². The number of nitrogens with one attached hydrogen (secondary N) is 2. The highest BCUT2D eigenvalue weighted by Crippen LogP contribution is 1.91. The number of thiocarbonyl (C=S) groups is 1. The van der Waals surface area contributed by atoms with Gasteiger partial charge in [0.2, 0.25) is 0 Å². The minimum atomic E-state index is 0.323. The Morgan fingerprint density at radius 2 is 2.00 bits per heavy atom. The van der Waals surface area contributed by atoms with Crippen molar-refractivity contribution >= 4 is 17.3 Å². The van der Waals surface area contributed by atoms with Crippen LogP contribution in [0.1, 0.15) is 20.8 Å². The summed E-state index contributed by atoms with van der Waals surface area (Å²) in [5.74, 6) is 5.15. The number of hydrogen-bond acceptors (Lipinski definition) is 3. The second-order valence-electron chi connectivity index (χ2n) is 3.00. The van der Waals surface area contributed by atoms with Gasteiger partial charge in [0.15, 0.2) is 5.11 Å². The molecule has 0 aliphatic heterocycles. The summed E-state index contributed by atoms with van der Waals surface area (Å²) in [5, 5.41) is 3.58. The van der Waals surface area contributed by atoms with E-state index in [-0.39, 0.29) is 0 Å². The van der Waals surface area contributed by atoms with Crippen LogP contribution in [0.5, 0.6) is 0 Å². The molecule has 4 N–H and O–H groups in total. The van der Waals surface area contributed by atoms with E-state index in [4.69, 9.17) is 18.1 Å². The molecule has 0 aliphatic carbocycles. The van der Waals surface area contributed by atoms with Crippen molar-refractivity contribution in [3.8, 4) is 0 Å². The Balaban J connectivity index is 3.71. The molecular formula is C8H20N4S. The third-order valence-corrected chi connectivity index (χ3v) is 2.17. The molecule has 0 saturated heterocycles. The van der Waals surface area contributed by atoms with E-state index in [1.807, 2.05) is 0 Å². The van der Waals surface area contributed by atoms with Gasteiger partial charge in [0.1, 0.15) is 0 Å². The molecule has 0 saturated carbocycles. The molecule has 4 nitrogen and oxygen atoms in total. The molecule has 0 aromatic heterocycles. The third kappa shape index (κ3) is 5.79. The highest BCUT2D eigenvalue weighted by Gasteiger charge is 2.06. The predicted octanol–water partition coefficient (Wildman–Crippen LogP) is 0.0545. The van der Waals surface area contributed by atoms with Crippen LogP contribution < -0.4 is 16.6 Å². The fourth-order valence-corrected chi connectivity index (χ4v) is 1.38. The fraction of sp³-hybridized carbons (Fsp3) is 0.875. The Kier molecular flexibility index (Phi) is 6.84. The van der Waals surface area contributed by atoms with Gasteiger partial charge in [0, 0.05) is 12.6 Å². The van der Waals surface area contributed by atoms with Crippen molar-refractivity contribution in [3.05, 3.63) is 0 Å². The van der Waals surface area contributed by atoms with Crippen LogP contribution in [-0.2, 0) is 0 Å². The highest BCUT2D eigenvalue weighted by atomic mass is 32.1. The van der Waals surface area contributed by atoms with Gasteiger partial charge in [0.05, 0.1) is 0 Å². The summed E-state index contributed by atoms with van der Waals surface area (Å²) in [4.78, 5) is 2.33. The number of hydrazine groups is 1. The van der Waals surface area contributed by atoms with Crippen LogP contribution in [0.3, 0.4) is 0 Å². The maximum Gasteiger partial charge on any atom is 0.180 e. The second-order valence-corrected chi connectivity index (χ2v) is 3.41. The zero-order valence-corrected chi connectivity index (χ0v) is 9.45. The molecule has 78 valence electrons. The average Bonchev–Trinajstić information content (AvgIpc) is 2.13. The van der Waals surface area contributed by atoms with Gasteiger partial charge in [0.25, 0.3) is 0 Å². The molecule has 1 unspecified atom stereocenters. The van der Waals surface area contributed by atoms with Gasteiger partial charge >= 0.3 is 0 Å². The van der Waals surface area contributed by atoms with E-state index in [9.17, 15) is 0 Å². The van der Waals surface area contributed by atoms with E-state index in [2.05, 4.69) is 36.4 Å². The van der Waals surface area contributed by atoms with Crippen molar-refractivity contribution in [2.24, 2.45) is 5.84 Å². The number of nitrogens with two attached hydrogens (primary N) is 1. The van der Waals surface area contributed by atoms with E-state index in [0.717, 1.165) is 19.6 Å². The molecule has 0 bridgehead atoms. The Bertz CT molecular complexity index is 147. The van der Waals surface area contributed by atoms with Crippen molar-refractivity contribution in [3.63, 3.8) is 0 Å². The lowest BCUT2D eigenvalue weighted by Crippen LogP contribution is -2.47. The first-order valence-electron chi connectivity index (χ1n) is 4.63. The first-order valence-corrected chi connectivity index (χ1v) is 5.04. The molecule has 1 atom stereocenters. The van der Waals surface area contributed by atoms with Gasteiger partial charge in [-0.1, -0.05) is 13.8 Å². The van der Waals surface area contributed by atoms with Crippen LogP contribution in [0, 0.1) is 0 Å². The van der Waals surface area contributed by atoms with E-state index < -0.39 is 0 Å². The lowest BCUT2D eigenvalue weighted by atomic mass is 10.3. The summed E-state index contributed by atoms with van der Waals surface area (Å²) in [6.45, 7) is 9.49. The van der Waals surface area contributed by atoms with Crippen molar-refractivity contribution < 1.29 is 0 Å². The summed E-state index contributed by atoms with van der Waals surface area (Å²) in [6, 6.07) is 0.323. The monoisotopic (exact) mass is 204 g/mol. The van der Waals surface area contributed by atoms with Crippen LogP contribution in [-0.4, -0.2) is 35.7 Å². The maximum absolute atomic E-state index is 5.15. The molecular weight excluding hydrogens is 184 g/mol. The van der Waals surface area contributed by atoms with Gasteiger partial charge in [-0.05, 0) is 32.2 Å². The Labute approximate surface area is 85.8 Å². The molecule has 0 aromatic rings. The minimum Gasteiger partial charge on any atom is -0.358 e. The quantitative estimate of drug-likeness (QED) is 0.336. The van der Waals surface area contributed by atoms with Crippen molar-refractivity contribution in [2.75, 3.05) is 19.6 Å². The smallest absolute Gasteiger partial charge is 0.180 e. The summed E-state index contributed by atoms with van der Waals surface area (Å²) >= 11 is 4.89. The lowest BCUT2D eigenvalue weighted by molar-refractivity contribution is 0.281. The van der Waals surface area contributed by atoms with Crippen molar-refractivity contribution in [2.45, 2.75) is 26.8 Å². The van der Waals surface area contributed by atoms with Crippen molar-refractivity contribution in [1.82, 2.24) is 15.6 Å². The van der Waals surface area contributed by atoms with E-state index >= 15 is 0 Å². The van der Waals surface area contributed by atoms with Gasteiger partial charge in [-0.2, -0.15) is 0 Å². The molecule has 0 fully saturated rings. The summed E-state index contributed by atoms with van der Waals surface area (Å²) in [6.07, 6.45) is 0. The molecule has 13 heavy (non-hydrogen) atoms. The molecule has 0 amide bonds.